The molecule has 0 unspecified atom stereocenters. The minimum absolute atomic E-state index is 0.525. The topological polar surface area (TPSA) is 64.1 Å². The Morgan fingerprint density at radius 1 is 1.50 bits per heavy atom. The fraction of sp³-hybridized carbons (Fsp3) is 0.250. The van der Waals surface area contributed by atoms with Crippen LogP contribution in [0.25, 0.3) is 11.1 Å². The average Bonchev–Trinajstić information content (AvgIpc) is 2.69. The summed E-state index contributed by atoms with van der Waals surface area (Å²) in [4.78, 5) is 4.28. The van der Waals surface area contributed by atoms with Crippen LogP contribution in [-0.2, 0) is 0 Å². The number of para-hydroxylation sites is 1. The van der Waals surface area contributed by atoms with E-state index in [9.17, 15) is 0 Å². The van der Waals surface area contributed by atoms with Gasteiger partial charge in [0, 0.05) is 6.54 Å². The van der Waals surface area contributed by atoms with Gasteiger partial charge in [-0.2, -0.15) is 4.98 Å². The van der Waals surface area contributed by atoms with Crippen LogP contribution >= 0.6 is 0 Å². The molecule has 4 heteroatoms. The molecule has 0 amide bonds. The second kappa shape index (κ2) is 4.70. The lowest BCUT2D eigenvalue weighted by atomic mass is 10.3. The summed E-state index contributed by atoms with van der Waals surface area (Å²) in [5.74, 6) is 0. The molecular formula is C12H15N3O. The molecule has 1 aromatic heterocycles. The van der Waals surface area contributed by atoms with Crippen molar-refractivity contribution in [2.45, 2.75) is 13.3 Å². The minimum atomic E-state index is 0.525. The highest BCUT2D eigenvalue weighted by atomic mass is 16.4. The third kappa shape index (κ3) is 2.16. The molecular weight excluding hydrogens is 202 g/mol. The van der Waals surface area contributed by atoms with Gasteiger partial charge in [0.25, 0.3) is 6.01 Å². The molecule has 0 saturated carbocycles. The monoisotopic (exact) mass is 217 g/mol. The lowest BCUT2D eigenvalue weighted by Gasteiger charge is -1.96. The molecule has 0 radical (unpaired) electrons. The summed E-state index contributed by atoms with van der Waals surface area (Å²) in [5.41, 5.74) is 7.86. The Hall–Kier alpha value is -1.97. The SMILES string of the molecule is C/C=C/CCNc1nc2c(N)cccc2o1. The number of nitrogens with two attached hydrogens (primary N) is 1. The van der Waals surface area contributed by atoms with Crippen molar-refractivity contribution in [3.63, 3.8) is 0 Å². The van der Waals surface area contributed by atoms with Crippen molar-refractivity contribution in [1.82, 2.24) is 4.98 Å². The van der Waals surface area contributed by atoms with Gasteiger partial charge in [0.15, 0.2) is 5.58 Å². The Labute approximate surface area is 94.2 Å². The molecule has 4 nitrogen and oxygen atoms in total. The maximum absolute atomic E-state index is 5.78. The quantitative estimate of drug-likeness (QED) is 0.469. The van der Waals surface area contributed by atoms with Crippen molar-refractivity contribution in [2.24, 2.45) is 0 Å². The largest absolute Gasteiger partial charge is 0.423 e. The van der Waals surface area contributed by atoms with E-state index in [2.05, 4.69) is 16.4 Å². The average molecular weight is 217 g/mol. The maximum atomic E-state index is 5.78. The Balaban J connectivity index is 2.11. The molecule has 1 aromatic carbocycles. The normalized spacial score (nSPS) is 11.3. The number of oxazole rings is 1. The number of nitrogens with one attached hydrogen (secondary N) is 1. The molecule has 0 aliphatic heterocycles. The number of fused-ring (bicyclic) bond motifs is 1. The number of anilines is 2. The number of hydrogen-bond acceptors (Lipinski definition) is 4. The van der Waals surface area contributed by atoms with E-state index in [0.717, 1.165) is 18.5 Å². The smallest absolute Gasteiger partial charge is 0.295 e. The first kappa shape index (κ1) is 10.5. The van der Waals surface area contributed by atoms with Crippen LogP contribution in [0.2, 0.25) is 0 Å². The zero-order chi connectivity index (χ0) is 11.4. The zero-order valence-corrected chi connectivity index (χ0v) is 9.23. The zero-order valence-electron chi connectivity index (χ0n) is 9.23. The summed E-state index contributed by atoms with van der Waals surface area (Å²) in [6.07, 6.45) is 5.06. The van der Waals surface area contributed by atoms with Crippen LogP contribution in [0.3, 0.4) is 0 Å². The molecule has 1 heterocycles. The van der Waals surface area contributed by atoms with Crippen LogP contribution in [0.5, 0.6) is 0 Å². The highest BCUT2D eigenvalue weighted by Gasteiger charge is 2.06. The Kier molecular flexibility index (Phi) is 3.10. The minimum Gasteiger partial charge on any atom is -0.423 e. The number of hydrogen-bond donors (Lipinski definition) is 2. The van der Waals surface area contributed by atoms with Gasteiger partial charge in [-0.25, -0.2) is 0 Å². The van der Waals surface area contributed by atoms with E-state index < -0.39 is 0 Å². The van der Waals surface area contributed by atoms with E-state index in [0.29, 0.717) is 17.3 Å². The fourth-order valence-electron chi connectivity index (χ4n) is 1.47. The highest BCUT2D eigenvalue weighted by Crippen LogP contribution is 2.23. The van der Waals surface area contributed by atoms with Crippen LogP contribution in [0.1, 0.15) is 13.3 Å². The van der Waals surface area contributed by atoms with Gasteiger partial charge in [0.05, 0.1) is 5.69 Å². The van der Waals surface area contributed by atoms with Crippen molar-refractivity contribution in [2.75, 3.05) is 17.6 Å². The van der Waals surface area contributed by atoms with Crippen molar-refractivity contribution in [3.05, 3.63) is 30.4 Å². The molecule has 0 bridgehead atoms. The van der Waals surface area contributed by atoms with Gasteiger partial charge in [-0.1, -0.05) is 18.2 Å². The van der Waals surface area contributed by atoms with Gasteiger partial charge in [0.1, 0.15) is 5.52 Å². The number of nitrogen functional groups attached to an aromatic ring is 1. The van der Waals surface area contributed by atoms with E-state index in [1.165, 1.54) is 0 Å². The summed E-state index contributed by atoms with van der Waals surface area (Å²) >= 11 is 0. The van der Waals surface area contributed by atoms with E-state index in [-0.39, 0.29) is 0 Å². The summed E-state index contributed by atoms with van der Waals surface area (Å²) in [7, 11) is 0. The number of benzene rings is 1. The summed E-state index contributed by atoms with van der Waals surface area (Å²) < 4.78 is 5.50. The van der Waals surface area contributed by atoms with Gasteiger partial charge < -0.3 is 15.5 Å². The third-order valence-corrected chi connectivity index (χ3v) is 2.27. The molecule has 84 valence electrons. The second-order valence-corrected chi connectivity index (χ2v) is 3.50. The van der Waals surface area contributed by atoms with Crippen LogP contribution in [0, 0.1) is 0 Å². The van der Waals surface area contributed by atoms with Gasteiger partial charge in [-0.15, -0.1) is 0 Å². The Morgan fingerprint density at radius 3 is 3.12 bits per heavy atom. The summed E-state index contributed by atoms with van der Waals surface area (Å²) in [6.45, 7) is 2.80. The van der Waals surface area contributed by atoms with Crippen molar-refractivity contribution in [3.8, 4) is 0 Å². The van der Waals surface area contributed by atoms with Gasteiger partial charge >= 0.3 is 0 Å². The second-order valence-electron chi connectivity index (χ2n) is 3.50. The molecule has 0 spiro atoms. The summed E-state index contributed by atoms with van der Waals surface area (Å²) in [6, 6.07) is 6.05. The first-order valence-electron chi connectivity index (χ1n) is 5.31. The van der Waals surface area contributed by atoms with E-state index in [1.807, 2.05) is 31.2 Å². The molecule has 0 saturated heterocycles. The molecule has 0 aliphatic carbocycles. The molecule has 0 aliphatic rings. The van der Waals surface area contributed by atoms with Crippen molar-refractivity contribution in [1.29, 1.82) is 0 Å². The maximum Gasteiger partial charge on any atom is 0.295 e. The molecule has 0 fully saturated rings. The number of rotatable bonds is 4. The Bertz CT molecular complexity index is 502. The lowest BCUT2D eigenvalue weighted by Crippen LogP contribution is -1.99. The molecule has 2 aromatic rings. The number of nitrogens with zero attached hydrogens (tertiary/aromatic N) is 1. The van der Waals surface area contributed by atoms with Crippen LogP contribution in [-0.4, -0.2) is 11.5 Å². The van der Waals surface area contributed by atoms with E-state index >= 15 is 0 Å². The fourth-order valence-corrected chi connectivity index (χ4v) is 1.47. The molecule has 3 N–H and O–H groups in total. The molecule has 16 heavy (non-hydrogen) atoms. The van der Waals surface area contributed by atoms with Crippen LogP contribution in [0.15, 0.2) is 34.8 Å². The predicted octanol–water partition coefficient (Wildman–Crippen LogP) is 2.79. The van der Waals surface area contributed by atoms with Gasteiger partial charge in [0.2, 0.25) is 0 Å². The van der Waals surface area contributed by atoms with Gasteiger partial charge in [-0.3, -0.25) is 0 Å². The van der Waals surface area contributed by atoms with Crippen LogP contribution < -0.4 is 11.1 Å². The van der Waals surface area contributed by atoms with E-state index in [1.54, 1.807) is 0 Å². The van der Waals surface area contributed by atoms with Crippen molar-refractivity contribution >= 4 is 22.8 Å². The summed E-state index contributed by atoms with van der Waals surface area (Å²) in [5, 5.41) is 3.11. The van der Waals surface area contributed by atoms with E-state index in [4.69, 9.17) is 10.2 Å². The first-order valence-corrected chi connectivity index (χ1v) is 5.31. The van der Waals surface area contributed by atoms with Crippen molar-refractivity contribution < 1.29 is 4.42 Å². The lowest BCUT2D eigenvalue weighted by molar-refractivity contribution is 0.615. The molecule has 0 atom stereocenters. The third-order valence-electron chi connectivity index (χ3n) is 2.27. The number of allylic oxidation sites excluding steroid dienone is 1. The standard InChI is InChI=1S/C12H15N3O/c1-2-3-4-8-14-12-15-11-9(13)6-5-7-10(11)16-12/h2-3,5-7H,4,8,13H2,1H3,(H,14,15)/b3-2+. The first-order chi connectivity index (χ1) is 7.81. The predicted molar refractivity (Wildman–Crippen MR) is 66.3 cm³/mol. The van der Waals surface area contributed by atoms with Gasteiger partial charge in [-0.05, 0) is 25.5 Å². The van der Waals surface area contributed by atoms with Crippen LogP contribution in [0.4, 0.5) is 11.7 Å². The highest BCUT2D eigenvalue weighted by molar-refractivity contribution is 5.86. The molecule has 2 rings (SSSR count). The Morgan fingerprint density at radius 2 is 2.38 bits per heavy atom. The number of aromatic nitrogens is 1.